The molecule has 1 aliphatic carbocycles. The Labute approximate surface area is 192 Å². The molecule has 0 aromatic carbocycles. The Balaban J connectivity index is 1.59. The van der Waals surface area contributed by atoms with Crippen molar-refractivity contribution in [3.63, 3.8) is 0 Å². The lowest BCUT2D eigenvalue weighted by atomic mass is 9.96. The minimum Gasteiger partial charge on any atom is -0.354 e. The Kier molecular flexibility index (Phi) is 4.66. The van der Waals surface area contributed by atoms with Crippen LogP contribution in [0.1, 0.15) is 24.1 Å². The normalized spacial score (nSPS) is 18.4. The van der Waals surface area contributed by atoms with Gasteiger partial charge in [-0.25, -0.2) is 15.0 Å². The number of halogens is 3. The SMILES string of the molecule is N[C@H]1CCCN(c2nc(-c3ccnc4[nH]c(C(F)(F)F)cc34)nc3cncc(C4=CC=C4)c23)C1. The average molecular weight is 463 g/mol. The van der Waals surface area contributed by atoms with E-state index in [1.54, 1.807) is 18.5 Å². The molecule has 0 bridgehead atoms. The summed E-state index contributed by atoms with van der Waals surface area (Å²) in [5.41, 5.74) is 8.57. The predicted octanol–water partition coefficient (Wildman–Crippen LogP) is 4.47. The molecule has 1 atom stereocenters. The van der Waals surface area contributed by atoms with E-state index in [9.17, 15) is 13.2 Å². The zero-order valence-corrected chi connectivity index (χ0v) is 18.0. The number of nitrogens with zero attached hydrogens (tertiary/aromatic N) is 5. The summed E-state index contributed by atoms with van der Waals surface area (Å²) in [4.78, 5) is 22.6. The van der Waals surface area contributed by atoms with Gasteiger partial charge in [0.2, 0.25) is 0 Å². The van der Waals surface area contributed by atoms with Gasteiger partial charge < -0.3 is 15.6 Å². The Morgan fingerprint density at radius 3 is 2.74 bits per heavy atom. The lowest BCUT2D eigenvalue weighted by molar-refractivity contribution is -0.140. The molecule has 0 amide bonds. The molecule has 10 heteroatoms. The predicted molar refractivity (Wildman–Crippen MR) is 124 cm³/mol. The van der Waals surface area contributed by atoms with Crippen molar-refractivity contribution in [1.82, 2.24) is 24.9 Å². The van der Waals surface area contributed by atoms with Gasteiger partial charge in [0.05, 0.1) is 17.1 Å². The molecular weight excluding hydrogens is 443 g/mol. The number of aromatic nitrogens is 5. The van der Waals surface area contributed by atoms with E-state index in [1.807, 2.05) is 18.2 Å². The van der Waals surface area contributed by atoms with Crippen molar-refractivity contribution >= 4 is 33.3 Å². The molecule has 1 fully saturated rings. The number of anilines is 1. The van der Waals surface area contributed by atoms with Crippen molar-refractivity contribution in [2.45, 2.75) is 25.1 Å². The highest BCUT2D eigenvalue weighted by Crippen LogP contribution is 2.38. The van der Waals surface area contributed by atoms with Gasteiger partial charge >= 0.3 is 6.18 Å². The molecule has 1 aliphatic heterocycles. The number of hydrogen-bond donors (Lipinski definition) is 2. The van der Waals surface area contributed by atoms with Crippen molar-refractivity contribution < 1.29 is 13.2 Å². The Hall–Kier alpha value is -3.79. The summed E-state index contributed by atoms with van der Waals surface area (Å²) >= 11 is 0. The highest BCUT2D eigenvalue weighted by molar-refractivity contribution is 6.03. The molecule has 2 aliphatic rings. The van der Waals surface area contributed by atoms with Crippen LogP contribution >= 0.6 is 0 Å². The summed E-state index contributed by atoms with van der Waals surface area (Å²) in [7, 11) is 0. The molecule has 3 N–H and O–H groups in total. The molecule has 0 spiro atoms. The van der Waals surface area contributed by atoms with Crippen LogP contribution in [0.15, 0.2) is 49.0 Å². The molecule has 0 saturated carbocycles. The molecule has 0 unspecified atom stereocenters. The molecule has 5 heterocycles. The third-order valence-corrected chi connectivity index (χ3v) is 6.29. The van der Waals surface area contributed by atoms with Crippen LogP contribution in [0, 0.1) is 0 Å². The van der Waals surface area contributed by atoms with E-state index in [2.05, 4.69) is 19.9 Å². The van der Waals surface area contributed by atoms with Crippen molar-refractivity contribution in [1.29, 1.82) is 0 Å². The summed E-state index contributed by atoms with van der Waals surface area (Å²) in [5.74, 6) is 1.03. The number of nitrogens with one attached hydrogen (secondary N) is 1. The third-order valence-electron chi connectivity index (χ3n) is 6.29. The first kappa shape index (κ1) is 20.8. The van der Waals surface area contributed by atoms with Gasteiger partial charge in [0, 0.05) is 48.0 Å². The number of rotatable bonds is 3. The molecular formula is C24H20F3N7. The minimum absolute atomic E-state index is 0.0157. The second kappa shape index (κ2) is 7.63. The summed E-state index contributed by atoms with van der Waals surface area (Å²) in [5, 5.41) is 1.17. The molecule has 0 radical (unpaired) electrons. The highest BCUT2D eigenvalue weighted by Gasteiger charge is 2.33. The van der Waals surface area contributed by atoms with Crippen LogP contribution in [0.25, 0.3) is 38.9 Å². The van der Waals surface area contributed by atoms with E-state index < -0.39 is 11.9 Å². The van der Waals surface area contributed by atoms with Crippen LogP contribution < -0.4 is 10.6 Å². The number of piperidine rings is 1. The summed E-state index contributed by atoms with van der Waals surface area (Å²) in [6.07, 6.45) is 8.22. The third kappa shape index (κ3) is 3.41. The van der Waals surface area contributed by atoms with E-state index in [0.717, 1.165) is 42.0 Å². The number of hydrogen-bond acceptors (Lipinski definition) is 6. The van der Waals surface area contributed by atoms with Crippen LogP contribution in [-0.4, -0.2) is 44.1 Å². The average Bonchev–Trinajstić information content (AvgIpc) is 3.22. The fourth-order valence-electron chi connectivity index (χ4n) is 4.58. The Morgan fingerprint density at radius 2 is 2.00 bits per heavy atom. The second-order valence-corrected chi connectivity index (χ2v) is 8.58. The maximum Gasteiger partial charge on any atom is 0.431 e. The molecule has 6 rings (SSSR count). The van der Waals surface area contributed by atoms with Crippen molar-refractivity contribution in [3.05, 3.63) is 60.2 Å². The maximum absolute atomic E-state index is 13.3. The van der Waals surface area contributed by atoms with Gasteiger partial charge in [0.1, 0.15) is 17.2 Å². The van der Waals surface area contributed by atoms with Gasteiger partial charge in [-0.3, -0.25) is 4.98 Å². The van der Waals surface area contributed by atoms with E-state index in [4.69, 9.17) is 15.7 Å². The number of fused-ring (bicyclic) bond motifs is 2. The van der Waals surface area contributed by atoms with Crippen LogP contribution in [0.3, 0.4) is 0 Å². The number of H-pyrrole nitrogens is 1. The first-order valence-electron chi connectivity index (χ1n) is 11.0. The second-order valence-electron chi connectivity index (χ2n) is 8.58. The van der Waals surface area contributed by atoms with Crippen LogP contribution in [0.5, 0.6) is 0 Å². The van der Waals surface area contributed by atoms with E-state index in [-0.39, 0.29) is 11.7 Å². The first-order valence-corrected chi connectivity index (χ1v) is 11.0. The van der Waals surface area contributed by atoms with Gasteiger partial charge in [-0.05, 0) is 30.5 Å². The van der Waals surface area contributed by atoms with Crippen molar-refractivity contribution in [3.8, 4) is 11.4 Å². The zero-order chi connectivity index (χ0) is 23.4. The molecule has 7 nitrogen and oxygen atoms in total. The number of alkyl halides is 3. The van der Waals surface area contributed by atoms with Gasteiger partial charge in [-0.15, -0.1) is 0 Å². The smallest absolute Gasteiger partial charge is 0.354 e. The van der Waals surface area contributed by atoms with E-state index in [0.29, 0.717) is 34.7 Å². The standard InChI is InChI=1S/C24H20F3N7/c25-24(26,27)19-9-16-15(6-7-30-21(16)32-19)22-31-18-11-29-10-17(13-3-1-4-13)20(18)23(33-22)34-8-2-5-14(28)12-34/h1,3-4,6-7,9-11,14H,2,5,8,12,28H2,(H,30,32)/t14-/m0/s1. The lowest BCUT2D eigenvalue weighted by Crippen LogP contribution is -2.43. The summed E-state index contributed by atoms with van der Waals surface area (Å²) in [6, 6.07) is 2.71. The van der Waals surface area contributed by atoms with Crippen molar-refractivity contribution in [2.75, 3.05) is 18.0 Å². The fourth-order valence-corrected chi connectivity index (χ4v) is 4.58. The Morgan fingerprint density at radius 1 is 1.15 bits per heavy atom. The van der Waals surface area contributed by atoms with Gasteiger partial charge in [0.15, 0.2) is 5.82 Å². The molecule has 4 aromatic rings. The monoisotopic (exact) mass is 463 g/mol. The molecule has 4 aromatic heterocycles. The molecule has 34 heavy (non-hydrogen) atoms. The van der Waals surface area contributed by atoms with Crippen LogP contribution in [0.4, 0.5) is 19.0 Å². The Bertz CT molecular complexity index is 1490. The number of allylic oxidation sites excluding steroid dienone is 4. The fraction of sp³-hybridized carbons (Fsp3) is 0.250. The zero-order valence-electron chi connectivity index (χ0n) is 18.0. The van der Waals surface area contributed by atoms with Crippen LogP contribution in [-0.2, 0) is 6.18 Å². The first-order chi connectivity index (χ1) is 16.4. The minimum atomic E-state index is -4.51. The molecule has 172 valence electrons. The maximum atomic E-state index is 13.3. The topological polar surface area (TPSA) is 96.6 Å². The van der Waals surface area contributed by atoms with Crippen LogP contribution in [0.2, 0.25) is 0 Å². The van der Waals surface area contributed by atoms with Gasteiger partial charge in [-0.1, -0.05) is 18.2 Å². The van der Waals surface area contributed by atoms with Crippen molar-refractivity contribution in [2.24, 2.45) is 5.73 Å². The number of nitrogens with two attached hydrogens (primary N) is 1. The number of aromatic amines is 1. The summed E-state index contributed by atoms with van der Waals surface area (Å²) in [6.45, 7) is 1.42. The van der Waals surface area contributed by atoms with E-state index in [1.165, 1.54) is 6.20 Å². The van der Waals surface area contributed by atoms with Gasteiger partial charge in [0.25, 0.3) is 0 Å². The molecule has 1 saturated heterocycles. The van der Waals surface area contributed by atoms with Gasteiger partial charge in [-0.2, -0.15) is 13.2 Å². The largest absolute Gasteiger partial charge is 0.431 e. The highest BCUT2D eigenvalue weighted by atomic mass is 19.4. The number of pyridine rings is 2. The van der Waals surface area contributed by atoms with E-state index >= 15 is 0 Å². The lowest BCUT2D eigenvalue weighted by Gasteiger charge is -2.33. The summed E-state index contributed by atoms with van der Waals surface area (Å²) < 4.78 is 40.0. The quantitative estimate of drug-likeness (QED) is 0.466.